The van der Waals surface area contributed by atoms with E-state index in [9.17, 15) is 0 Å². The van der Waals surface area contributed by atoms with E-state index in [1.807, 2.05) is 0 Å². The SMILES string of the molecule is CC=c1ccsc1=CC. The summed E-state index contributed by atoms with van der Waals surface area (Å²) >= 11 is 1.79. The van der Waals surface area contributed by atoms with Crippen LogP contribution in [0.5, 0.6) is 0 Å². The van der Waals surface area contributed by atoms with Crippen LogP contribution in [0.25, 0.3) is 12.2 Å². The highest BCUT2D eigenvalue weighted by atomic mass is 32.1. The molecule has 0 saturated carbocycles. The zero-order chi connectivity index (χ0) is 6.69. The van der Waals surface area contributed by atoms with Crippen LogP contribution < -0.4 is 9.75 Å². The van der Waals surface area contributed by atoms with Crippen LogP contribution in [0.3, 0.4) is 0 Å². The van der Waals surface area contributed by atoms with Gasteiger partial charge >= 0.3 is 0 Å². The molecule has 0 aliphatic heterocycles. The minimum absolute atomic E-state index is 1.35. The molecule has 1 aromatic rings. The maximum atomic E-state index is 2.14. The van der Waals surface area contributed by atoms with Crippen molar-refractivity contribution >= 4 is 23.5 Å². The molecule has 0 bridgehead atoms. The fraction of sp³-hybridized carbons (Fsp3) is 0.250. The van der Waals surface area contributed by atoms with Gasteiger partial charge in [0.05, 0.1) is 0 Å². The Bertz CT molecular complexity index is 251. The summed E-state index contributed by atoms with van der Waals surface area (Å²) in [5.41, 5.74) is 0. The van der Waals surface area contributed by atoms with E-state index < -0.39 is 0 Å². The second kappa shape index (κ2) is 2.83. The van der Waals surface area contributed by atoms with Gasteiger partial charge in [0, 0.05) is 4.53 Å². The zero-order valence-electron chi connectivity index (χ0n) is 5.72. The Morgan fingerprint density at radius 2 is 2.11 bits per heavy atom. The van der Waals surface area contributed by atoms with E-state index in [0.29, 0.717) is 0 Å². The van der Waals surface area contributed by atoms with Crippen molar-refractivity contribution in [2.24, 2.45) is 0 Å². The Balaban J connectivity index is 3.50. The van der Waals surface area contributed by atoms with Crippen molar-refractivity contribution in [3.8, 4) is 0 Å². The number of thiophene rings is 1. The minimum Gasteiger partial charge on any atom is -0.144 e. The molecule has 0 aliphatic carbocycles. The van der Waals surface area contributed by atoms with Crippen LogP contribution in [0, 0.1) is 0 Å². The van der Waals surface area contributed by atoms with Gasteiger partial charge in [0.2, 0.25) is 0 Å². The second-order valence-corrected chi connectivity index (χ2v) is 2.77. The molecule has 0 radical (unpaired) electrons. The van der Waals surface area contributed by atoms with Crippen LogP contribution >= 0.6 is 11.3 Å². The summed E-state index contributed by atoms with van der Waals surface area (Å²) in [6.45, 7) is 4.13. The van der Waals surface area contributed by atoms with Gasteiger partial charge in [-0.2, -0.15) is 0 Å². The van der Waals surface area contributed by atoms with Crippen molar-refractivity contribution in [1.82, 2.24) is 0 Å². The molecule has 0 amide bonds. The Morgan fingerprint density at radius 3 is 2.56 bits per heavy atom. The molecular formula is C8H10S. The first-order chi connectivity index (χ1) is 4.38. The average molecular weight is 138 g/mol. The average Bonchev–Trinajstić information content (AvgIpc) is 2.33. The monoisotopic (exact) mass is 138 g/mol. The number of hydrogen-bond donors (Lipinski definition) is 0. The third-order valence-electron chi connectivity index (χ3n) is 1.30. The lowest BCUT2D eigenvalue weighted by molar-refractivity contribution is 1.66. The van der Waals surface area contributed by atoms with Crippen LogP contribution in [0.1, 0.15) is 13.8 Å². The van der Waals surface area contributed by atoms with Gasteiger partial charge in [0.1, 0.15) is 0 Å². The Morgan fingerprint density at radius 1 is 1.33 bits per heavy atom. The van der Waals surface area contributed by atoms with Gasteiger partial charge < -0.3 is 0 Å². The minimum atomic E-state index is 1.35. The highest BCUT2D eigenvalue weighted by Crippen LogP contribution is 1.79. The summed E-state index contributed by atoms with van der Waals surface area (Å²) in [7, 11) is 0. The molecule has 0 saturated heterocycles. The van der Waals surface area contributed by atoms with E-state index >= 15 is 0 Å². The first kappa shape index (κ1) is 6.56. The molecular weight excluding hydrogens is 128 g/mol. The van der Waals surface area contributed by atoms with Crippen LogP contribution in [-0.4, -0.2) is 0 Å². The molecule has 1 aromatic heterocycles. The van der Waals surface area contributed by atoms with Gasteiger partial charge in [-0.3, -0.25) is 0 Å². The molecule has 9 heavy (non-hydrogen) atoms. The molecule has 48 valence electrons. The first-order valence-corrected chi connectivity index (χ1v) is 3.92. The van der Waals surface area contributed by atoms with Crippen LogP contribution in [0.2, 0.25) is 0 Å². The number of hydrogen-bond acceptors (Lipinski definition) is 1. The smallest absolute Gasteiger partial charge is 0.0296 e. The van der Waals surface area contributed by atoms with Crippen molar-refractivity contribution in [3.63, 3.8) is 0 Å². The largest absolute Gasteiger partial charge is 0.144 e. The molecule has 1 heteroatoms. The van der Waals surface area contributed by atoms with E-state index in [2.05, 4.69) is 37.4 Å². The first-order valence-electron chi connectivity index (χ1n) is 3.04. The molecule has 0 fully saturated rings. The standard InChI is InChI=1S/C8H10S/c1-3-7-5-6-9-8(7)4-2/h3-6H,1-2H3. The van der Waals surface area contributed by atoms with Crippen LogP contribution in [-0.2, 0) is 0 Å². The van der Waals surface area contributed by atoms with E-state index in [-0.39, 0.29) is 0 Å². The Labute approximate surface area is 59.2 Å². The van der Waals surface area contributed by atoms with Gasteiger partial charge in [-0.1, -0.05) is 12.2 Å². The number of rotatable bonds is 0. The maximum absolute atomic E-state index is 2.14. The van der Waals surface area contributed by atoms with Crippen molar-refractivity contribution in [2.75, 3.05) is 0 Å². The van der Waals surface area contributed by atoms with E-state index in [4.69, 9.17) is 0 Å². The Kier molecular flexibility index (Phi) is 2.06. The molecule has 0 aromatic carbocycles. The van der Waals surface area contributed by atoms with Crippen molar-refractivity contribution in [1.29, 1.82) is 0 Å². The predicted octanol–water partition coefficient (Wildman–Crippen LogP) is 1.35. The van der Waals surface area contributed by atoms with Crippen molar-refractivity contribution in [2.45, 2.75) is 13.8 Å². The predicted molar refractivity (Wildman–Crippen MR) is 43.8 cm³/mol. The summed E-state index contributed by atoms with van der Waals surface area (Å²) in [4.78, 5) is 0. The summed E-state index contributed by atoms with van der Waals surface area (Å²) in [5.74, 6) is 0. The summed E-state index contributed by atoms with van der Waals surface area (Å²) in [6.07, 6.45) is 4.27. The van der Waals surface area contributed by atoms with Gasteiger partial charge in [-0.25, -0.2) is 0 Å². The zero-order valence-corrected chi connectivity index (χ0v) is 6.53. The molecule has 0 atom stereocenters. The lowest BCUT2D eigenvalue weighted by Crippen LogP contribution is -2.15. The second-order valence-electron chi connectivity index (χ2n) is 1.82. The lowest BCUT2D eigenvalue weighted by Gasteiger charge is -1.71. The lowest BCUT2D eigenvalue weighted by atomic mass is 10.4. The van der Waals surface area contributed by atoms with Gasteiger partial charge in [0.15, 0.2) is 0 Å². The third-order valence-corrected chi connectivity index (χ3v) is 2.30. The third kappa shape index (κ3) is 1.22. The maximum Gasteiger partial charge on any atom is 0.0296 e. The van der Waals surface area contributed by atoms with E-state index in [1.165, 1.54) is 9.75 Å². The highest BCUT2D eigenvalue weighted by Gasteiger charge is 1.79. The van der Waals surface area contributed by atoms with Gasteiger partial charge in [-0.05, 0) is 30.5 Å². The summed E-state index contributed by atoms with van der Waals surface area (Å²) in [6, 6.07) is 2.14. The molecule has 1 rings (SSSR count). The summed E-state index contributed by atoms with van der Waals surface area (Å²) < 4.78 is 1.37. The van der Waals surface area contributed by atoms with E-state index in [0.717, 1.165) is 0 Å². The van der Waals surface area contributed by atoms with Crippen LogP contribution in [0.15, 0.2) is 11.4 Å². The van der Waals surface area contributed by atoms with Gasteiger partial charge in [-0.15, -0.1) is 11.3 Å². The molecule has 0 spiro atoms. The summed E-state index contributed by atoms with van der Waals surface area (Å²) in [5, 5.41) is 3.47. The molecule has 0 aliphatic rings. The molecule has 0 N–H and O–H groups in total. The Hall–Kier alpha value is -0.560. The normalized spacial score (nSPS) is 14.9. The quantitative estimate of drug-likeness (QED) is 0.507. The van der Waals surface area contributed by atoms with Crippen molar-refractivity contribution < 1.29 is 0 Å². The topological polar surface area (TPSA) is 0 Å². The van der Waals surface area contributed by atoms with Crippen molar-refractivity contribution in [3.05, 3.63) is 21.2 Å². The molecule has 0 nitrogen and oxygen atoms in total. The van der Waals surface area contributed by atoms with Gasteiger partial charge in [0.25, 0.3) is 0 Å². The van der Waals surface area contributed by atoms with Crippen LogP contribution in [0.4, 0.5) is 0 Å². The van der Waals surface area contributed by atoms with E-state index in [1.54, 1.807) is 11.3 Å². The molecule has 0 unspecified atom stereocenters. The highest BCUT2D eigenvalue weighted by molar-refractivity contribution is 7.07. The fourth-order valence-corrected chi connectivity index (χ4v) is 1.62. The molecule has 1 heterocycles. The fourth-order valence-electron chi connectivity index (χ4n) is 0.804.